The van der Waals surface area contributed by atoms with Crippen LogP contribution in [-0.2, 0) is 21.7 Å². The molecule has 0 spiro atoms. The van der Waals surface area contributed by atoms with Crippen molar-refractivity contribution >= 4 is 23.1 Å². The van der Waals surface area contributed by atoms with Gasteiger partial charge in [0.25, 0.3) is 0 Å². The van der Waals surface area contributed by atoms with E-state index in [-0.39, 0.29) is 28.4 Å². The van der Waals surface area contributed by atoms with E-state index in [2.05, 4.69) is 210 Å². The first kappa shape index (κ1) is 45.3. The second kappa shape index (κ2) is 17.0. The highest BCUT2D eigenvalue weighted by atomic mass is 14.3. The summed E-state index contributed by atoms with van der Waals surface area (Å²) in [5, 5.41) is 0. The maximum atomic E-state index is 2.55. The van der Waals surface area contributed by atoms with Gasteiger partial charge in [0.2, 0.25) is 6.71 Å². The van der Waals surface area contributed by atoms with Crippen LogP contribution in [0, 0.1) is 27.7 Å². The van der Waals surface area contributed by atoms with Crippen LogP contribution in [0.1, 0.15) is 179 Å². The maximum absolute atomic E-state index is 2.55. The number of rotatable bonds is 10. The van der Waals surface area contributed by atoms with Crippen LogP contribution in [0.5, 0.6) is 0 Å². The van der Waals surface area contributed by atoms with Crippen LogP contribution in [-0.4, -0.2) is 6.71 Å². The van der Waals surface area contributed by atoms with Crippen LogP contribution in [0.4, 0.5) is 0 Å². The summed E-state index contributed by atoms with van der Waals surface area (Å²) in [6.45, 7) is 42.3. The van der Waals surface area contributed by atoms with Crippen molar-refractivity contribution in [2.45, 2.75) is 178 Å². The number of hydrogen-bond donors (Lipinski definition) is 0. The molecule has 58 heavy (non-hydrogen) atoms. The Labute approximate surface area is 356 Å². The predicted molar refractivity (Wildman–Crippen MR) is 261 cm³/mol. The average Bonchev–Trinajstić information content (AvgIpc) is 3.12. The lowest BCUT2D eigenvalue weighted by atomic mass is 9.34. The average molecular weight is 773 g/mol. The Morgan fingerprint density at radius 2 is 0.724 bits per heavy atom. The Kier molecular flexibility index (Phi) is 13.3. The van der Waals surface area contributed by atoms with Crippen molar-refractivity contribution < 1.29 is 0 Å². The summed E-state index contributed by atoms with van der Waals surface area (Å²) in [5.41, 5.74) is 22.2. The van der Waals surface area contributed by atoms with Gasteiger partial charge in [-0.15, -0.1) is 0 Å². The van der Waals surface area contributed by atoms with Crippen LogP contribution < -0.4 is 16.4 Å². The van der Waals surface area contributed by atoms with Crippen molar-refractivity contribution in [3.8, 4) is 22.3 Å². The molecule has 0 radical (unpaired) electrons. The first-order chi connectivity index (χ1) is 26.8. The number of hydrogen-bond acceptors (Lipinski definition) is 0. The quantitative estimate of drug-likeness (QED) is 0.124. The normalized spacial score (nSPS) is 12.7. The molecule has 0 heterocycles. The SMILES string of the molecule is CCCC(CCC)c1cc(C)c(B(c2cc(-c3cc(C(C)(C)C)cc(C(C)(C)C)c3)ccc2C)c2cc(-c3cc(C(C)(C)C)cc(C(C)(C)C)c3)ccc2C)c(C)c1. The van der Waals surface area contributed by atoms with Crippen LogP contribution >= 0.6 is 0 Å². The van der Waals surface area contributed by atoms with Gasteiger partial charge >= 0.3 is 0 Å². The lowest BCUT2D eigenvalue weighted by molar-refractivity contribution is 0.560. The van der Waals surface area contributed by atoms with Crippen molar-refractivity contribution in [3.05, 3.63) is 135 Å². The van der Waals surface area contributed by atoms with Gasteiger partial charge in [0, 0.05) is 0 Å². The van der Waals surface area contributed by atoms with E-state index in [9.17, 15) is 0 Å². The van der Waals surface area contributed by atoms with Crippen molar-refractivity contribution in [2.75, 3.05) is 0 Å². The van der Waals surface area contributed by atoms with Crippen LogP contribution in [0.15, 0.2) is 84.9 Å². The summed E-state index contributed by atoms with van der Waals surface area (Å²) in [6.07, 6.45) is 4.91. The Hall–Kier alpha value is -3.84. The van der Waals surface area contributed by atoms with E-state index in [1.54, 1.807) is 0 Å². The van der Waals surface area contributed by atoms with Gasteiger partial charge < -0.3 is 0 Å². The minimum atomic E-state index is 0.0458. The van der Waals surface area contributed by atoms with Crippen molar-refractivity contribution in [3.63, 3.8) is 0 Å². The number of benzene rings is 5. The molecule has 0 aliphatic heterocycles. The van der Waals surface area contributed by atoms with E-state index in [0.717, 1.165) is 0 Å². The molecule has 5 aromatic rings. The van der Waals surface area contributed by atoms with E-state index in [4.69, 9.17) is 0 Å². The summed E-state index contributed by atoms with van der Waals surface area (Å²) in [5.74, 6) is 0.606. The van der Waals surface area contributed by atoms with E-state index in [1.165, 1.54) is 114 Å². The Morgan fingerprint density at radius 3 is 1.02 bits per heavy atom. The molecule has 0 saturated heterocycles. The smallest absolute Gasteiger partial charge is 0.0654 e. The second-order valence-corrected chi connectivity index (χ2v) is 22.0. The molecular formula is C57H77B. The van der Waals surface area contributed by atoms with Gasteiger partial charge in [-0.25, -0.2) is 0 Å². The third-order valence-electron chi connectivity index (χ3n) is 12.8. The topological polar surface area (TPSA) is 0 Å². The standard InChI is InChI=1S/C57H77B/c1-19-21-41(22-20-2)44-27-39(5)53(40(6)28-44)58(51-33-42(25-23-37(51)3)45-29-47(54(7,8)9)35-48(30-45)55(10,11)12)52-34-43(26-24-38(52)4)46-31-49(56(13,14)15)36-50(32-46)57(16,17)18/h23-36,41H,19-22H2,1-18H3. The zero-order valence-corrected chi connectivity index (χ0v) is 40.1. The van der Waals surface area contributed by atoms with Crippen LogP contribution in [0.2, 0.25) is 0 Å². The highest BCUT2D eigenvalue weighted by Gasteiger charge is 2.31. The summed E-state index contributed by atoms with van der Waals surface area (Å²) in [4.78, 5) is 0. The number of aryl methyl sites for hydroxylation is 4. The lowest BCUT2D eigenvalue weighted by Gasteiger charge is -2.28. The van der Waals surface area contributed by atoms with E-state index in [1.807, 2.05) is 0 Å². The molecule has 0 fully saturated rings. The predicted octanol–water partition coefficient (Wildman–Crippen LogP) is 14.6. The molecule has 0 aliphatic carbocycles. The van der Waals surface area contributed by atoms with E-state index in [0.29, 0.717) is 5.92 Å². The zero-order chi connectivity index (χ0) is 43.1. The molecule has 5 aromatic carbocycles. The minimum Gasteiger partial charge on any atom is -0.0654 e. The molecule has 0 amide bonds. The molecule has 0 saturated carbocycles. The van der Waals surface area contributed by atoms with Gasteiger partial charge in [-0.05, 0) is 118 Å². The molecule has 0 unspecified atom stereocenters. The van der Waals surface area contributed by atoms with Crippen molar-refractivity contribution in [1.29, 1.82) is 0 Å². The molecular weight excluding hydrogens is 695 g/mol. The molecule has 1 heteroatoms. The highest BCUT2D eigenvalue weighted by molar-refractivity contribution is 6.96. The first-order valence-electron chi connectivity index (χ1n) is 22.5. The molecule has 0 nitrogen and oxygen atoms in total. The fourth-order valence-corrected chi connectivity index (χ4v) is 8.94. The fraction of sp³-hybridized carbons (Fsp3) is 0.474. The highest BCUT2D eigenvalue weighted by Crippen LogP contribution is 2.36. The Morgan fingerprint density at radius 1 is 0.397 bits per heavy atom. The summed E-state index contributed by atoms with van der Waals surface area (Å²) in [7, 11) is 0. The summed E-state index contributed by atoms with van der Waals surface area (Å²) >= 11 is 0. The molecule has 0 aliphatic rings. The van der Waals surface area contributed by atoms with Crippen LogP contribution in [0.25, 0.3) is 22.3 Å². The molecule has 308 valence electrons. The second-order valence-electron chi connectivity index (χ2n) is 22.0. The van der Waals surface area contributed by atoms with Gasteiger partial charge in [-0.1, -0.05) is 233 Å². The zero-order valence-electron chi connectivity index (χ0n) is 40.1. The van der Waals surface area contributed by atoms with Gasteiger partial charge in [0.1, 0.15) is 0 Å². The Balaban J connectivity index is 1.84. The third-order valence-corrected chi connectivity index (χ3v) is 12.8. The first-order valence-corrected chi connectivity index (χ1v) is 22.5. The van der Waals surface area contributed by atoms with E-state index < -0.39 is 0 Å². The summed E-state index contributed by atoms with van der Waals surface area (Å²) in [6, 6.07) is 34.4. The van der Waals surface area contributed by atoms with Crippen LogP contribution in [0.3, 0.4) is 0 Å². The Bertz CT molecular complexity index is 2020. The largest absolute Gasteiger partial charge is 0.242 e. The third kappa shape index (κ3) is 10.1. The van der Waals surface area contributed by atoms with Gasteiger partial charge in [0.05, 0.1) is 0 Å². The summed E-state index contributed by atoms with van der Waals surface area (Å²) < 4.78 is 0. The van der Waals surface area contributed by atoms with Crippen molar-refractivity contribution in [1.82, 2.24) is 0 Å². The van der Waals surface area contributed by atoms with E-state index >= 15 is 0 Å². The van der Waals surface area contributed by atoms with Gasteiger partial charge in [0.15, 0.2) is 0 Å². The molecule has 0 bridgehead atoms. The molecule has 5 rings (SSSR count). The fourth-order valence-electron chi connectivity index (χ4n) is 8.94. The molecule has 0 atom stereocenters. The molecule has 0 N–H and O–H groups in total. The molecule has 0 aromatic heterocycles. The lowest BCUT2D eigenvalue weighted by Crippen LogP contribution is -2.55. The van der Waals surface area contributed by atoms with Gasteiger partial charge in [-0.3, -0.25) is 0 Å². The minimum absolute atomic E-state index is 0.0458. The monoisotopic (exact) mass is 773 g/mol. The maximum Gasteiger partial charge on any atom is 0.242 e. The van der Waals surface area contributed by atoms with Gasteiger partial charge in [-0.2, -0.15) is 0 Å². The van der Waals surface area contributed by atoms with Crippen molar-refractivity contribution in [2.24, 2.45) is 0 Å².